The monoisotopic (exact) mass is 321 g/mol. The molecule has 1 aromatic heterocycles. The Bertz CT molecular complexity index is 726. The molecular formula is C15H12FNO4S. The van der Waals surface area contributed by atoms with Crippen LogP contribution in [0.4, 0.5) is 4.39 Å². The van der Waals surface area contributed by atoms with E-state index in [1.807, 2.05) is 0 Å². The number of hydrogen-bond donors (Lipinski definition) is 0. The predicted octanol–water partition coefficient (Wildman–Crippen LogP) is 2.73. The van der Waals surface area contributed by atoms with Gasteiger partial charge in [0.25, 0.3) is 0 Å². The molecule has 0 unspecified atom stereocenters. The van der Waals surface area contributed by atoms with E-state index in [-0.39, 0.29) is 12.4 Å². The lowest BCUT2D eigenvalue weighted by Gasteiger charge is -2.06. The van der Waals surface area contributed by atoms with Crippen molar-refractivity contribution in [2.24, 2.45) is 0 Å². The molecular weight excluding hydrogens is 309 g/mol. The minimum atomic E-state index is -0.844. The predicted molar refractivity (Wildman–Crippen MR) is 77.0 cm³/mol. The van der Waals surface area contributed by atoms with Gasteiger partial charge >= 0.3 is 11.9 Å². The first-order valence-electron chi connectivity index (χ1n) is 6.65. The van der Waals surface area contributed by atoms with Gasteiger partial charge in [0.2, 0.25) is 6.10 Å². The molecule has 1 atom stereocenters. The van der Waals surface area contributed by atoms with Gasteiger partial charge in [0.05, 0.1) is 12.3 Å². The van der Waals surface area contributed by atoms with E-state index in [2.05, 4.69) is 4.98 Å². The summed E-state index contributed by atoms with van der Waals surface area (Å²) in [6.45, 7) is 1.95. The van der Waals surface area contributed by atoms with E-state index in [4.69, 9.17) is 9.47 Å². The molecule has 2 heterocycles. The van der Waals surface area contributed by atoms with Crippen molar-refractivity contribution in [3.05, 3.63) is 40.7 Å². The van der Waals surface area contributed by atoms with Crippen LogP contribution >= 0.6 is 11.3 Å². The van der Waals surface area contributed by atoms with E-state index in [0.717, 1.165) is 11.3 Å². The lowest BCUT2D eigenvalue weighted by molar-refractivity contribution is -0.145. The number of hydrogen-bond acceptors (Lipinski definition) is 6. The third-order valence-electron chi connectivity index (χ3n) is 3.21. The molecule has 2 aromatic rings. The van der Waals surface area contributed by atoms with Gasteiger partial charge in [-0.2, -0.15) is 0 Å². The van der Waals surface area contributed by atoms with Crippen LogP contribution in [0.25, 0.3) is 10.6 Å². The van der Waals surface area contributed by atoms with E-state index in [1.165, 1.54) is 12.1 Å². The van der Waals surface area contributed by atoms with Crippen LogP contribution in [0.3, 0.4) is 0 Å². The maximum Gasteiger partial charge on any atom is 0.351 e. The van der Waals surface area contributed by atoms with Crippen LogP contribution in [0.15, 0.2) is 24.3 Å². The highest BCUT2D eigenvalue weighted by Gasteiger charge is 2.31. The Balaban J connectivity index is 1.81. The molecule has 3 rings (SSSR count). The topological polar surface area (TPSA) is 65.5 Å². The SMILES string of the molecule is Cc1nc(-c2ccc(F)cc2)sc1C(=O)O[C@H]1CCOC1=O. The lowest BCUT2D eigenvalue weighted by atomic mass is 10.2. The van der Waals surface area contributed by atoms with Crippen molar-refractivity contribution in [1.29, 1.82) is 0 Å². The summed E-state index contributed by atoms with van der Waals surface area (Å²) in [5.41, 5.74) is 1.23. The molecule has 0 radical (unpaired) electrons. The Hall–Kier alpha value is -2.28. The second-order valence-electron chi connectivity index (χ2n) is 4.79. The quantitative estimate of drug-likeness (QED) is 0.813. The molecule has 0 saturated carbocycles. The van der Waals surface area contributed by atoms with Gasteiger partial charge in [0, 0.05) is 12.0 Å². The number of benzene rings is 1. The molecule has 1 saturated heterocycles. The standard InChI is InChI=1S/C15H12FNO4S/c1-8-12(15(19)21-11-6-7-20-14(11)18)22-13(17-8)9-2-4-10(16)5-3-9/h2-5,11H,6-7H2,1H3/t11-/m0/s1. The number of aryl methyl sites for hydroxylation is 1. The fraction of sp³-hybridized carbons (Fsp3) is 0.267. The second-order valence-corrected chi connectivity index (χ2v) is 5.79. The first-order chi connectivity index (χ1) is 10.5. The van der Waals surface area contributed by atoms with Gasteiger partial charge in [0.15, 0.2) is 0 Å². The Kier molecular flexibility index (Phi) is 3.89. The molecule has 7 heteroatoms. The molecule has 0 amide bonds. The summed E-state index contributed by atoms with van der Waals surface area (Å²) in [5.74, 6) is -1.45. The van der Waals surface area contributed by atoms with Crippen LogP contribution in [0.5, 0.6) is 0 Å². The number of ether oxygens (including phenoxy) is 2. The van der Waals surface area contributed by atoms with Crippen molar-refractivity contribution in [1.82, 2.24) is 4.98 Å². The molecule has 1 fully saturated rings. The summed E-state index contributed by atoms with van der Waals surface area (Å²) >= 11 is 1.15. The average Bonchev–Trinajstić information content (AvgIpc) is 3.06. The number of rotatable bonds is 3. The van der Waals surface area contributed by atoms with Crippen LogP contribution < -0.4 is 0 Å². The number of nitrogens with zero attached hydrogens (tertiary/aromatic N) is 1. The van der Waals surface area contributed by atoms with Gasteiger partial charge in [-0.1, -0.05) is 0 Å². The number of halogens is 1. The number of carbonyl (C=O) groups excluding carboxylic acids is 2. The molecule has 1 aliphatic heterocycles. The number of carbonyl (C=O) groups is 2. The minimum absolute atomic E-state index is 0.263. The van der Waals surface area contributed by atoms with Crippen molar-refractivity contribution in [2.75, 3.05) is 6.61 Å². The zero-order chi connectivity index (χ0) is 15.7. The van der Waals surface area contributed by atoms with Gasteiger partial charge < -0.3 is 9.47 Å². The molecule has 0 spiro atoms. The highest BCUT2D eigenvalue weighted by molar-refractivity contribution is 7.17. The fourth-order valence-electron chi connectivity index (χ4n) is 2.07. The molecule has 5 nitrogen and oxygen atoms in total. The molecule has 114 valence electrons. The minimum Gasteiger partial charge on any atom is -0.463 e. The van der Waals surface area contributed by atoms with E-state index >= 15 is 0 Å². The zero-order valence-corrected chi connectivity index (χ0v) is 12.5. The normalized spacial score (nSPS) is 17.4. The number of aromatic nitrogens is 1. The zero-order valence-electron chi connectivity index (χ0n) is 11.7. The number of esters is 2. The molecule has 0 N–H and O–H groups in total. The third-order valence-corrected chi connectivity index (χ3v) is 4.40. The molecule has 22 heavy (non-hydrogen) atoms. The van der Waals surface area contributed by atoms with Crippen LogP contribution in [0.1, 0.15) is 21.8 Å². The first-order valence-corrected chi connectivity index (χ1v) is 7.47. The summed E-state index contributed by atoms with van der Waals surface area (Å²) in [4.78, 5) is 28.1. The van der Waals surface area contributed by atoms with Crippen LogP contribution in [0.2, 0.25) is 0 Å². The van der Waals surface area contributed by atoms with Gasteiger partial charge in [-0.3, -0.25) is 0 Å². The lowest BCUT2D eigenvalue weighted by Crippen LogP contribution is -2.22. The maximum atomic E-state index is 12.9. The first kappa shape index (κ1) is 14.6. The molecule has 0 aliphatic carbocycles. The molecule has 1 aromatic carbocycles. The van der Waals surface area contributed by atoms with Crippen LogP contribution in [0, 0.1) is 12.7 Å². The smallest absolute Gasteiger partial charge is 0.351 e. The Morgan fingerprint density at radius 3 is 2.77 bits per heavy atom. The number of cyclic esters (lactones) is 1. The largest absolute Gasteiger partial charge is 0.463 e. The Morgan fingerprint density at radius 1 is 1.41 bits per heavy atom. The van der Waals surface area contributed by atoms with E-state index < -0.39 is 18.0 Å². The van der Waals surface area contributed by atoms with E-state index in [1.54, 1.807) is 19.1 Å². The van der Waals surface area contributed by atoms with Gasteiger partial charge in [-0.25, -0.2) is 19.0 Å². The van der Waals surface area contributed by atoms with Crippen molar-refractivity contribution >= 4 is 23.3 Å². The van der Waals surface area contributed by atoms with Crippen molar-refractivity contribution in [2.45, 2.75) is 19.4 Å². The van der Waals surface area contributed by atoms with Gasteiger partial charge in [-0.05, 0) is 31.2 Å². The average molecular weight is 321 g/mol. The van der Waals surface area contributed by atoms with Crippen molar-refractivity contribution in [3.8, 4) is 10.6 Å². The summed E-state index contributed by atoms with van der Waals surface area (Å²) in [7, 11) is 0. The van der Waals surface area contributed by atoms with E-state index in [0.29, 0.717) is 27.6 Å². The van der Waals surface area contributed by atoms with Crippen molar-refractivity contribution in [3.63, 3.8) is 0 Å². The van der Waals surface area contributed by atoms with Gasteiger partial charge in [0.1, 0.15) is 15.7 Å². The Labute approximate surface area is 129 Å². The summed E-state index contributed by atoms with van der Waals surface area (Å²) < 4.78 is 22.9. The van der Waals surface area contributed by atoms with E-state index in [9.17, 15) is 14.0 Å². The third kappa shape index (κ3) is 2.85. The van der Waals surface area contributed by atoms with Gasteiger partial charge in [-0.15, -0.1) is 11.3 Å². The Morgan fingerprint density at radius 2 is 2.14 bits per heavy atom. The highest BCUT2D eigenvalue weighted by Crippen LogP contribution is 2.29. The summed E-state index contributed by atoms with van der Waals surface area (Å²) in [5, 5.41) is 0.596. The van der Waals surface area contributed by atoms with Crippen molar-refractivity contribution < 1.29 is 23.5 Å². The highest BCUT2D eigenvalue weighted by atomic mass is 32.1. The van der Waals surface area contributed by atoms with Crippen LogP contribution in [-0.4, -0.2) is 29.6 Å². The fourth-order valence-corrected chi connectivity index (χ4v) is 3.02. The summed E-state index contributed by atoms with van der Waals surface area (Å²) in [6.07, 6.45) is -0.476. The number of thiazole rings is 1. The molecule has 0 bridgehead atoms. The summed E-state index contributed by atoms with van der Waals surface area (Å²) in [6, 6.07) is 5.85. The second kappa shape index (κ2) is 5.84. The maximum absolute atomic E-state index is 12.9. The van der Waals surface area contributed by atoms with Crippen LogP contribution in [-0.2, 0) is 14.3 Å². The molecule has 1 aliphatic rings.